The Morgan fingerprint density at radius 2 is 1.84 bits per heavy atom. The van der Waals surface area contributed by atoms with Crippen LogP contribution < -0.4 is 9.47 Å². The second-order valence-corrected chi connectivity index (χ2v) is 8.72. The van der Waals surface area contributed by atoms with Crippen LogP contribution in [0.5, 0.6) is 11.5 Å². The van der Waals surface area contributed by atoms with Crippen LogP contribution in [0.15, 0.2) is 34.8 Å². The van der Waals surface area contributed by atoms with Crippen molar-refractivity contribution in [3.63, 3.8) is 0 Å². The molecule has 1 fully saturated rings. The molecule has 2 aromatic rings. The number of hydrogen-bond acceptors (Lipinski definition) is 4. The normalized spacial score (nSPS) is 18.3. The zero-order valence-electron chi connectivity index (χ0n) is 17.4. The highest BCUT2D eigenvalue weighted by atomic mass is 79.9. The first-order valence-corrected chi connectivity index (χ1v) is 11.0. The molecule has 0 aliphatic carbocycles. The van der Waals surface area contributed by atoms with Crippen molar-refractivity contribution in [3.05, 3.63) is 56.5 Å². The van der Waals surface area contributed by atoms with E-state index in [1.165, 1.54) is 26.4 Å². The van der Waals surface area contributed by atoms with Crippen LogP contribution in [0.2, 0.25) is 5.02 Å². The Kier molecular flexibility index (Phi) is 7.62. The number of rotatable bonds is 6. The Hall–Kier alpha value is -1.97. The van der Waals surface area contributed by atoms with Crippen LogP contribution in [-0.4, -0.2) is 42.8 Å². The fraction of sp³-hybridized carbons (Fsp3) is 0.409. The highest BCUT2D eigenvalue weighted by Gasteiger charge is 2.39. The van der Waals surface area contributed by atoms with Gasteiger partial charge in [0.25, 0.3) is 0 Å². The number of carboxylic acid groups (broad SMARTS) is 1. The molecule has 2 aromatic carbocycles. The molecule has 1 aliphatic rings. The predicted molar refractivity (Wildman–Crippen MR) is 118 cm³/mol. The molecule has 5 nitrogen and oxygen atoms in total. The second-order valence-electron chi connectivity index (χ2n) is 7.46. The maximum atomic E-state index is 13.6. The van der Waals surface area contributed by atoms with Crippen molar-refractivity contribution in [2.75, 3.05) is 20.8 Å². The molecule has 0 radical (unpaired) electrons. The summed E-state index contributed by atoms with van der Waals surface area (Å²) in [5.41, 5.74) is -0.129. The van der Waals surface area contributed by atoms with E-state index < -0.39 is 34.8 Å². The number of aliphatic carboxylic acids is 1. The summed E-state index contributed by atoms with van der Waals surface area (Å²) in [7, 11) is 2.93. The largest absolute Gasteiger partial charge is 0.493 e. The van der Waals surface area contributed by atoms with Gasteiger partial charge < -0.3 is 14.6 Å². The molecule has 2 unspecified atom stereocenters. The van der Waals surface area contributed by atoms with Crippen LogP contribution in [0.25, 0.3) is 0 Å². The van der Waals surface area contributed by atoms with Gasteiger partial charge in [0.2, 0.25) is 0 Å². The summed E-state index contributed by atoms with van der Waals surface area (Å²) in [6.45, 7) is 0.409. The highest BCUT2D eigenvalue weighted by Crippen LogP contribution is 2.44. The third-order valence-corrected chi connectivity index (χ3v) is 6.59. The Bertz CT molecular complexity index is 1000. The van der Waals surface area contributed by atoms with E-state index in [4.69, 9.17) is 21.1 Å². The lowest BCUT2D eigenvalue weighted by atomic mass is 9.90. The van der Waals surface area contributed by atoms with E-state index in [1.54, 1.807) is 17.0 Å². The Morgan fingerprint density at radius 1 is 1.19 bits per heavy atom. The number of hydrogen-bond donors (Lipinski definition) is 1. The summed E-state index contributed by atoms with van der Waals surface area (Å²) in [5, 5.41) is 9.42. The summed E-state index contributed by atoms with van der Waals surface area (Å²) in [4.78, 5) is 13.7. The number of carboxylic acids is 1. The third kappa shape index (κ3) is 5.00. The third-order valence-electron chi connectivity index (χ3n) is 5.57. The quantitative estimate of drug-likeness (QED) is 0.479. The molecule has 1 N–H and O–H groups in total. The molecule has 0 amide bonds. The number of piperidine rings is 1. The molecule has 1 heterocycles. The van der Waals surface area contributed by atoms with Gasteiger partial charge in [-0.15, -0.1) is 0 Å². The maximum Gasteiger partial charge on any atom is 0.417 e. The highest BCUT2D eigenvalue weighted by molar-refractivity contribution is 9.10. The summed E-state index contributed by atoms with van der Waals surface area (Å²) in [5.74, 6) is -0.205. The molecule has 2 atom stereocenters. The lowest BCUT2D eigenvalue weighted by molar-refractivity contribution is -0.145. The number of nitrogens with zero attached hydrogens (tertiary/aromatic N) is 1. The average molecular weight is 537 g/mol. The molecule has 0 saturated carbocycles. The van der Waals surface area contributed by atoms with E-state index in [1.807, 2.05) is 0 Å². The first-order chi connectivity index (χ1) is 15.1. The zero-order chi connectivity index (χ0) is 23.6. The van der Waals surface area contributed by atoms with E-state index in [0.717, 1.165) is 18.9 Å². The van der Waals surface area contributed by atoms with Crippen LogP contribution in [0.4, 0.5) is 13.2 Å². The molecule has 3 rings (SSSR count). The van der Waals surface area contributed by atoms with Gasteiger partial charge >= 0.3 is 12.1 Å². The summed E-state index contributed by atoms with van der Waals surface area (Å²) >= 11 is 9.33. The monoisotopic (exact) mass is 535 g/mol. The van der Waals surface area contributed by atoms with E-state index >= 15 is 0 Å². The molecule has 10 heteroatoms. The SMILES string of the molecule is COc1cc(Br)c(C(c2ccc(Cl)c(C(F)(F)F)c2)N2CCCCC2C(=O)O)cc1OC. The number of alkyl halides is 3. The lowest BCUT2D eigenvalue weighted by Crippen LogP contribution is -2.47. The second kappa shape index (κ2) is 9.89. The smallest absolute Gasteiger partial charge is 0.417 e. The van der Waals surface area contributed by atoms with Gasteiger partial charge in [-0.25, -0.2) is 0 Å². The Labute approximate surface area is 197 Å². The fourth-order valence-corrected chi connectivity index (χ4v) is 4.85. The molecule has 0 bridgehead atoms. The molecular formula is C22H22BrClF3NO4. The van der Waals surface area contributed by atoms with Crippen LogP contribution in [0, 0.1) is 0 Å². The topological polar surface area (TPSA) is 59.0 Å². The van der Waals surface area contributed by atoms with Gasteiger partial charge in [-0.1, -0.05) is 40.0 Å². The minimum absolute atomic E-state index is 0.280. The Morgan fingerprint density at radius 3 is 2.44 bits per heavy atom. The van der Waals surface area contributed by atoms with Gasteiger partial charge in [-0.3, -0.25) is 9.69 Å². The fourth-order valence-electron chi connectivity index (χ4n) is 4.09. The number of benzene rings is 2. The van der Waals surface area contributed by atoms with Gasteiger partial charge in [-0.2, -0.15) is 13.2 Å². The molecule has 0 spiro atoms. The number of ether oxygens (including phenoxy) is 2. The van der Waals surface area contributed by atoms with Crippen molar-refractivity contribution >= 4 is 33.5 Å². The van der Waals surface area contributed by atoms with Gasteiger partial charge in [-0.05, 0) is 54.8 Å². The number of carbonyl (C=O) groups is 1. The molecular weight excluding hydrogens is 515 g/mol. The van der Waals surface area contributed by atoms with Gasteiger partial charge in [0, 0.05) is 4.47 Å². The molecule has 32 heavy (non-hydrogen) atoms. The minimum Gasteiger partial charge on any atom is -0.493 e. The van der Waals surface area contributed by atoms with Crippen molar-refractivity contribution in [2.24, 2.45) is 0 Å². The first kappa shape index (κ1) is 24.7. The van der Waals surface area contributed by atoms with Gasteiger partial charge in [0.1, 0.15) is 6.04 Å². The summed E-state index contributed by atoms with van der Waals surface area (Å²) in [6, 6.07) is 5.36. The average Bonchev–Trinajstić information content (AvgIpc) is 2.75. The number of halogens is 5. The standard InChI is InChI=1S/C22H22BrClF3NO4/c1-31-18-10-13(15(23)11-19(18)32-2)20(28-8-4-3-5-17(28)21(29)30)12-6-7-16(24)14(9-12)22(25,26)27/h6-7,9-11,17,20H,3-5,8H2,1-2H3,(H,29,30). The summed E-state index contributed by atoms with van der Waals surface area (Å²) < 4.78 is 52.1. The molecule has 174 valence electrons. The van der Waals surface area contributed by atoms with Crippen molar-refractivity contribution in [2.45, 2.75) is 37.5 Å². The first-order valence-electron chi connectivity index (χ1n) is 9.85. The van der Waals surface area contributed by atoms with E-state index in [0.29, 0.717) is 34.5 Å². The van der Waals surface area contributed by atoms with Crippen LogP contribution in [0.1, 0.15) is 42.0 Å². The van der Waals surface area contributed by atoms with Crippen LogP contribution >= 0.6 is 27.5 Å². The lowest BCUT2D eigenvalue weighted by Gasteiger charge is -2.40. The molecule has 1 saturated heterocycles. The van der Waals surface area contributed by atoms with E-state index in [-0.39, 0.29) is 5.56 Å². The summed E-state index contributed by atoms with van der Waals surface area (Å²) in [6.07, 6.45) is -2.80. The van der Waals surface area contributed by atoms with Gasteiger partial charge in [0.05, 0.1) is 30.8 Å². The van der Waals surface area contributed by atoms with Crippen molar-refractivity contribution in [3.8, 4) is 11.5 Å². The maximum absolute atomic E-state index is 13.6. The molecule has 0 aromatic heterocycles. The van der Waals surface area contributed by atoms with Crippen molar-refractivity contribution in [1.29, 1.82) is 0 Å². The Balaban J connectivity index is 2.25. The zero-order valence-corrected chi connectivity index (χ0v) is 19.7. The number of likely N-dealkylation sites (tertiary alicyclic amines) is 1. The van der Waals surface area contributed by atoms with Gasteiger partial charge in [0.15, 0.2) is 11.5 Å². The van der Waals surface area contributed by atoms with Crippen molar-refractivity contribution in [1.82, 2.24) is 4.90 Å². The number of methoxy groups -OCH3 is 2. The van der Waals surface area contributed by atoms with E-state index in [2.05, 4.69) is 15.9 Å². The predicted octanol–water partition coefficient (Wildman–Crippen LogP) is 6.17. The van der Waals surface area contributed by atoms with E-state index in [9.17, 15) is 23.1 Å². The van der Waals surface area contributed by atoms with Crippen LogP contribution in [-0.2, 0) is 11.0 Å². The van der Waals surface area contributed by atoms with Crippen molar-refractivity contribution < 1.29 is 32.5 Å². The molecule has 1 aliphatic heterocycles. The van der Waals surface area contributed by atoms with Crippen LogP contribution in [0.3, 0.4) is 0 Å². The minimum atomic E-state index is -4.65.